The van der Waals surface area contributed by atoms with Crippen LogP contribution in [0.15, 0.2) is 12.2 Å². The summed E-state index contributed by atoms with van der Waals surface area (Å²) in [5, 5.41) is 8.98. The van der Waals surface area contributed by atoms with Gasteiger partial charge in [-0.1, -0.05) is 12.2 Å². The number of aliphatic hydroxyl groups excluding tert-OH is 1. The van der Waals surface area contributed by atoms with Crippen molar-refractivity contribution in [1.29, 1.82) is 0 Å². The van der Waals surface area contributed by atoms with Gasteiger partial charge in [0.2, 0.25) is 0 Å². The highest BCUT2D eigenvalue weighted by Gasteiger charge is 2.11. The van der Waals surface area contributed by atoms with Crippen LogP contribution in [0.25, 0.3) is 0 Å². The molecule has 0 aliphatic heterocycles. The highest BCUT2D eigenvalue weighted by atomic mass is 16.3. The average molecular weight is 126 g/mol. The normalized spacial score (nSPS) is 22.9. The molecule has 52 valence electrons. The molecule has 1 unspecified atom stereocenters. The Hall–Kier alpha value is -0.300. The van der Waals surface area contributed by atoms with E-state index < -0.39 is 0 Å². The Kier molecular flexibility index (Phi) is 2.29. The van der Waals surface area contributed by atoms with Crippen molar-refractivity contribution in [1.82, 2.24) is 0 Å². The number of allylic oxidation sites excluding steroid dienone is 2. The van der Waals surface area contributed by atoms with Crippen LogP contribution >= 0.6 is 0 Å². The van der Waals surface area contributed by atoms with Gasteiger partial charge < -0.3 is 5.11 Å². The molecule has 0 heterocycles. The Balaban J connectivity index is 2.14. The summed E-state index contributed by atoms with van der Waals surface area (Å²) in [6, 6.07) is 0. The van der Waals surface area contributed by atoms with Crippen molar-refractivity contribution in [3.63, 3.8) is 0 Å². The van der Waals surface area contributed by atoms with E-state index in [4.69, 9.17) is 5.11 Å². The van der Waals surface area contributed by atoms with Crippen molar-refractivity contribution in [2.24, 2.45) is 5.92 Å². The predicted molar refractivity (Wildman–Crippen MR) is 38.2 cm³/mol. The van der Waals surface area contributed by atoms with E-state index in [2.05, 4.69) is 12.2 Å². The van der Waals surface area contributed by atoms with Gasteiger partial charge in [-0.15, -0.1) is 0 Å². The molecule has 0 bridgehead atoms. The van der Waals surface area contributed by atoms with Crippen LogP contribution < -0.4 is 0 Å². The summed E-state index contributed by atoms with van der Waals surface area (Å²) in [5.41, 5.74) is 0. The Labute approximate surface area is 56.4 Å². The maximum atomic E-state index is 8.98. The van der Waals surface area contributed by atoms with E-state index in [1.165, 1.54) is 12.8 Å². The first-order chi connectivity index (χ1) is 4.29. The second kappa shape index (κ2) is 3.02. The van der Waals surface area contributed by atoms with Gasteiger partial charge in [0.05, 0.1) is 6.10 Å². The molecule has 0 aromatic heterocycles. The second-order valence-corrected chi connectivity index (χ2v) is 2.89. The fourth-order valence-corrected chi connectivity index (χ4v) is 1.35. The minimum absolute atomic E-state index is 0.116. The first-order valence-corrected chi connectivity index (χ1v) is 3.62. The van der Waals surface area contributed by atoms with Crippen LogP contribution in [0.1, 0.15) is 26.2 Å². The second-order valence-electron chi connectivity index (χ2n) is 2.89. The van der Waals surface area contributed by atoms with E-state index in [1.807, 2.05) is 6.92 Å². The topological polar surface area (TPSA) is 20.2 Å². The first-order valence-electron chi connectivity index (χ1n) is 3.62. The standard InChI is InChI=1S/C8H14O/c1-7(9)6-8-4-2-3-5-8/h2-3,7-9H,4-6H2,1H3. The molecule has 0 amide bonds. The van der Waals surface area contributed by atoms with E-state index in [-0.39, 0.29) is 6.10 Å². The van der Waals surface area contributed by atoms with Gasteiger partial charge >= 0.3 is 0 Å². The summed E-state index contributed by atoms with van der Waals surface area (Å²) in [4.78, 5) is 0. The van der Waals surface area contributed by atoms with Gasteiger partial charge in [-0.2, -0.15) is 0 Å². The van der Waals surface area contributed by atoms with Crippen molar-refractivity contribution < 1.29 is 5.11 Å². The van der Waals surface area contributed by atoms with E-state index >= 15 is 0 Å². The van der Waals surface area contributed by atoms with Crippen molar-refractivity contribution in [2.75, 3.05) is 0 Å². The SMILES string of the molecule is CC(O)CC1CC=CC1. The molecule has 0 radical (unpaired) electrons. The number of aliphatic hydroxyl groups is 1. The average Bonchev–Trinajstić information content (AvgIpc) is 2.15. The highest BCUT2D eigenvalue weighted by Crippen LogP contribution is 2.22. The van der Waals surface area contributed by atoms with Gasteiger partial charge in [0.25, 0.3) is 0 Å². The molecule has 1 aliphatic rings. The molecule has 1 heteroatoms. The lowest BCUT2D eigenvalue weighted by atomic mass is 10.0. The fraction of sp³-hybridized carbons (Fsp3) is 0.750. The third kappa shape index (κ3) is 2.19. The fourth-order valence-electron chi connectivity index (χ4n) is 1.35. The monoisotopic (exact) mass is 126 g/mol. The predicted octanol–water partition coefficient (Wildman–Crippen LogP) is 1.72. The molecule has 0 saturated carbocycles. The summed E-state index contributed by atoms with van der Waals surface area (Å²) in [6.07, 6.45) is 7.60. The molecule has 1 rings (SSSR count). The molecule has 0 saturated heterocycles. The van der Waals surface area contributed by atoms with Crippen LogP contribution in [0.2, 0.25) is 0 Å². The van der Waals surface area contributed by atoms with Crippen molar-refractivity contribution in [3.8, 4) is 0 Å². The number of rotatable bonds is 2. The van der Waals surface area contributed by atoms with Crippen LogP contribution in [-0.2, 0) is 0 Å². The number of hydrogen-bond acceptors (Lipinski definition) is 1. The summed E-state index contributed by atoms with van der Waals surface area (Å²) in [6.45, 7) is 1.86. The Morgan fingerprint density at radius 2 is 2.11 bits per heavy atom. The summed E-state index contributed by atoms with van der Waals surface area (Å²) in [5.74, 6) is 0.727. The van der Waals surface area contributed by atoms with Crippen LogP contribution in [0.3, 0.4) is 0 Å². The van der Waals surface area contributed by atoms with E-state index in [0.717, 1.165) is 12.3 Å². The molecule has 9 heavy (non-hydrogen) atoms. The van der Waals surface area contributed by atoms with Crippen molar-refractivity contribution in [2.45, 2.75) is 32.3 Å². The lowest BCUT2D eigenvalue weighted by molar-refractivity contribution is 0.163. The Morgan fingerprint density at radius 3 is 2.56 bits per heavy atom. The minimum Gasteiger partial charge on any atom is -0.393 e. The van der Waals surface area contributed by atoms with Gasteiger partial charge in [-0.05, 0) is 32.1 Å². The molecular weight excluding hydrogens is 112 g/mol. The lowest BCUT2D eigenvalue weighted by Crippen LogP contribution is -2.06. The molecule has 0 fully saturated rings. The smallest absolute Gasteiger partial charge is 0.0515 e. The van der Waals surface area contributed by atoms with Crippen LogP contribution in [0.5, 0.6) is 0 Å². The zero-order valence-corrected chi connectivity index (χ0v) is 5.88. The van der Waals surface area contributed by atoms with Crippen LogP contribution in [0.4, 0.5) is 0 Å². The molecule has 1 aliphatic carbocycles. The minimum atomic E-state index is -0.116. The van der Waals surface area contributed by atoms with Crippen molar-refractivity contribution >= 4 is 0 Å². The van der Waals surface area contributed by atoms with Gasteiger partial charge in [-0.3, -0.25) is 0 Å². The van der Waals surface area contributed by atoms with Gasteiger partial charge in [-0.25, -0.2) is 0 Å². The molecule has 1 N–H and O–H groups in total. The molecule has 0 aromatic rings. The highest BCUT2D eigenvalue weighted by molar-refractivity contribution is 4.94. The zero-order chi connectivity index (χ0) is 6.69. The molecule has 0 aromatic carbocycles. The Morgan fingerprint density at radius 1 is 1.56 bits per heavy atom. The maximum Gasteiger partial charge on any atom is 0.0515 e. The molecule has 1 atom stereocenters. The van der Waals surface area contributed by atoms with Crippen molar-refractivity contribution in [3.05, 3.63) is 12.2 Å². The molecule has 1 nitrogen and oxygen atoms in total. The van der Waals surface area contributed by atoms with Gasteiger partial charge in [0.15, 0.2) is 0 Å². The quantitative estimate of drug-likeness (QED) is 0.558. The third-order valence-electron chi connectivity index (χ3n) is 1.78. The van der Waals surface area contributed by atoms with Gasteiger partial charge in [0.1, 0.15) is 0 Å². The van der Waals surface area contributed by atoms with E-state index in [1.54, 1.807) is 0 Å². The van der Waals surface area contributed by atoms with Crippen LogP contribution in [0, 0.1) is 5.92 Å². The Bertz CT molecular complexity index is 97.1. The largest absolute Gasteiger partial charge is 0.393 e. The third-order valence-corrected chi connectivity index (χ3v) is 1.78. The zero-order valence-electron chi connectivity index (χ0n) is 5.88. The number of hydrogen-bond donors (Lipinski definition) is 1. The maximum absolute atomic E-state index is 8.98. The molecule has 0 spiro atoms. The lowest BCUT2D eigenvalue weighted by Gasteiger charge is -2.09. The van der Waals surface area contributed by atoms with Gasteiger partial charge in [0, 0.05) is 0 Å². The summed E-state index contributed by atoms with van der Waals surface area (Å²) in [7, 11) is 0. The summed E-state index contributed by atoms with van der Waals surface area (Å²) >= 11 is 0. The van der Waals surface area contributed by atoms with E-state index in [0.29, 0.717) is 0 Å². The first kappa shape index (κ1) is 6.81. The van der Waals surface area contributed by atoms with Crippen LogP contribution in [-0.4, -0.2) is 11.2 Å². The molecular formula is C8H14O. The van der Waals surface area contributed by atoms with E-state index in [9.17, 15) is 0 Å². The summed E-state index contributed by atoms with van der Waals surface area (Å²) < 4.78 is 0.